The molecule has 0 bridgehead atoms. The van der Waals surface area contributed by atoms with Gasteiger partial charge in [-0.1, -0.05) is 12.1 Å². The molecule has 96 valence electrons. The Morgan fingerprint density at radius 2 is 2.06 bits per heavy atom. The molecular formula is C14H19N3O. The predicted octanol–water partition coefficient (Wildman–Crippen LogP) is 1.11. The second-order valence-corrected chi connectivity index (χ2v) is 4.81. The number of aliphatic hydroxyl groups is 1. The van der Waals surface area contributed by atoms with Crippen LogP contribution in [0.4, 0.5) is 0 Å². The Balaban J connectivity index is 1.89. The molecule has 4 heteroatoms. The Kier molecular flexibility index (Phi) is 3.32. The minimum Gasteiger partial charge on any atom is -0.394 e. The van der Waals surface area contributed by atoms with Gasteiger partial charge in [0, 0.05) is 37.9 Å². The maximum atomic E-state index is 9.68. The lowest BCUT2D eigenvalue weighted by atomic mass is 10.0. The molecular weight excluding hydrogens is 226 g/mol. The molecule has 0 amide bonds. The molecule has 18 heavy (non-hydrogen) atoms. The van der Waals surface area contributed by atoms with Crippen molar-refractivity contribution in [2.24, 2.45) is 0 Å². The number of fused-ring (bicyclic) bond motifs is 1. The number of piperazine rings is 1. The van der Waals surface area contributed by atoms with Crippen LogP contribution in [-0.2, 0) is 0 Å². The Labute approximate surface area is 107 Å². The number of aliphatic hydroxyl groups excluding tert-OH is 1. The van der Waals surface area contributed by atoms with Gasteiger partial charge in [-0.05, 0) is 23.1 Å². The zero-order chi connectivity index (χ0) is 12.4. The molecule has 0 aliphatic carbocycles. The van der Waals surface area contributed by atoms with E-state index < -0.39 is 0 Å². The first kappa shape index (κ1) is 11.7. The third-order valence-corrected chi connectivity index (χ3v) is 3.73. The first-order valence-corrected chi connectivity index (χ1v) is 6.51. The van der Waals surface area contributed by atoms with Gasteiger partial charge in [0.2, 0.25) is 0 Å². The van der Waals surface area contributed by atoms with E-state index in [1.807, 2.05) is 6.20 Å². The first-order chi connectivity index (χ1) is 8.88. The first-order valence-electron chi connectivity index (χ1n) is 6.51. The summed E-state index contributed by atoms with van der Waals surface area (Å²) in [6.07, 6.45) is 1.95. The van der Waals surface area contributed by atoms with Crippen molar-refractivity contribution in [2.45, 2.75) is 6.04 Å². The highest BCUT2D eigenvalue weighted by molar-refractivity contribution is 5.79. The van der Waals surface area contributed by atoms with Crippen LogP contribution in [0.15, 0.2) is 30.5 Å². The standard InChI is InChI=1S/C14H19N3O/c18-10-14(17-7-5-15-6-8-17)12-2-1-11-3-4-16-13(11)9-12/h1-4,9,14-16,18H,5-8,10H2/t14-/m0/s1. The van der Waals surface area contributed by atoms with Gasteiger partial charge < -0.3 is 15.4 Å². The van der Waals surface area contributed by atoms with Crippen molar-refractivity contribution in [3.05, 3.63) is 36.0 Å². The van der Waals surface area contributed by atoms with Crippen LogP contribution in [0.3, 0.4) is 0 Å². The van der Waals surface area contributed by atoms with Gasteiger partial charge in [0.25, 0.3) is 0 Å². The van der Waals surface area contributed by atoms with Crippen LogP contribution < -0.4 is 5.32 Å². The molecule has 1 aliphatic heterocycles. The molecule has 0 saturated carbocycles. The number of rotatable bonds is 3. The molecule has 1 fully saturated rings. The number of H-pyrrole nitrogens is 1. The van der Waals surface area contributed by atoms with E-state index in [-0.39, 0.29) is 12.6 Å². The molecule has 0 radical (unpaired) electrons. The Morgan fingerprint density at radius 3 is 2.83 bits per heavy atom. The predicted molar refractivity (Wildman–Crippen MR) is 72.6 cm³/mol. The van der Waals surface area contributed by atoms with Crippen LogP contribution in [0.2, 0.25) is 0 Å². The van der Waals surface area contributed by atoms with Crippen LogP contribution >= 0.6 is 0 Å². The second-order valence-electron chi connectivity index (χ2n) is 4.81. The fourth-order valence-corrected chi connectivity index (χ4v) is 2.70. The number of nitrogens with one attached hydrogen (secondary N) is 2. The van der Waals surface area contributed by atoms with E-state index in [1.165, 1.54) is 10.9 Å². The fourth-order valence-electron chi connectivity index (χ4n) is 2.70. The van der Waals surface area contributed by atoms with Crippen LogP contribution in [0.1, 0.15) is 11.6 Å². The summed E-state index contributed by atoms with van der Waals surface area (Å²) in [6.45, 7) is 4.16. The van der Waals surface area contributed by atoms with E-state index in [9.17, 15) is 5.11 Å². The summed E-state index contributed by atoms with van der Waals surface area (Å²) in [6, 6.07) is 8.57. The van der Waals surface area contributed by atoms with Gasteiger partial charge >= 0.3 is 0 Å². The molecule has 1 aliphatic rings. The number of aromatic amines is 1. The summed E-state index contributed by atoms with van der Waals surface area (Å²) in [5, 5.41) is 14.2. The van der Waals surface area contributed by atoms with Crippen molar-refractivity contribution in [3.63, 3.8) is 0 Å². The third kappa shape index (κ3) is 2.14. The van der Waals surface area contributed by atoms with E-state index in [0.29, 0.717) is 0 Å². The smallest absolute Gasteiger partial charge is 0.0628 e. The van der Waals surface area contributed by atoms with E-state index in [0.717, 1.165) is 31.7 Å². The van der Waals surface area contributed by atoms with Gasteiger partial charge in [0.05, 0.1) is 12.6 Å². The fraction of sp³-hybridized carbons (Fsp3) is 0.429. The molecule has 1 aromatic heterocycles. The monoisotopic (exact) mass is 245 g/mol. The second kappa shape index (κ2) is 5.10. The molecule has 3 rings (SSSR count). The summed E-state index contributed by atoms with van der Waals surface area (Å²) in [4.78, 5) is 5.58. The van der Waals surface area contributed by atoms with Gasteiger partial charge in [-0.2, -0.15) is 0 Å². The van der Waals surface area contributed by atoms with E-state index in [2.05, 4.69) is 39.5 Å². The largest absolute Gasteiger partial charge is 0.394 e. The highest BCUT2D eigenvalue weighted by atomic mass is 16.3. The molecule has 2 aromatic rings. The molecule has 1 atom stereocenters. The SMILES string of the molecule is OC[C@@H](c1ccc2cc[nH]c2c1)N1CCNCC1. The third-order valence-electron chi connectivity index (χ3n) is 3.73. The van der Waals surface area contributed by atoms with Gasteiger partial charge in [-0.3, -0.25) is 4.90 Å². The van der Waals surface area contributed by atoms with Gasteiger partial charge in [0.15, 0.2) is 0 Å². The van der Waals surface area contributed by atoms with Gasteiger partial charge in [0.1, 0.15) is 0 Å². The molecule has 1 saturated heterocycles. The van der Waals surface area contributed by atoms with Crippen molar-refractivity contribution in [3.8, 4) is 0 Å². The summed E-state index contributed by atoms with van der Waals surface area (Å²) >= 11 is 0. The van der Waals surface area contributed by atoms with Gasteiger partial charge in [-0.25, -0.2) is 0 Å². The summed E-state index contributed by atoms with van der Waals surface area (Å²) in [5.74, 6) is 0. The molecule has 4 nitrogen and oxygen atoms in total. The number of nitrogens with zero attached hydrogens (tertiary/aromatic N) is 1. The normalized spacial score (nSPS) is 19.2. The van der Waals surface area contributed by atoms with Crippen molar-refractivity contribution in [1.29, 1.82) is 0 Å². The average molecular weight is 245 g/mol. The van der Waals surface area contributed by atoms with Crippen LogP contribution in [0.5, 0.6) is 0 Å². The molecule has 3 N–H and O–H groups in total. The maximum Gasteiger partial charge on any atom is 0.0628 e. The van der Waals surface area contributed by atoms with Crippen LogP contribution in [0, 0.1) is 0 Å². The Hall–Kier alpha value is -1.36. The lowest BCUT2D eigenvalue weighted by molar-refractivity contribution is 0.111. The zero-order valence-electron chi connectivity index (χ0n) is 10.4. The lowest BCUT2D eigenvalue weighted by Gasteiger charge is -2.34. The minimum absolute atomic E-state index is 0.111. The van der Waals surface area contributed by atoms with E-state index in [4.69, 9.17) is 0 Å². The minimum atomic E-state index is 0.111. The summed E-state index contributed by atoms with van der Waals surface area (Å²) in [5.41, 5.74) is 2.33. The highest BCUT2D eigenvalue weighted by Gasteiger charge is 2.21. The van der Waals surface area contributed by atoms with Crippen LogP contribution in [0.25, 0.3) is 10.9 Å². The lowest BCUT2D eigenvalue weighted by Crippen LogP contribution is -2.46. The van der Waals surface area contributed by atoms with Crippen molar-refractivity contribution in [2.75, 3.05) is 32.8 Å². The molecule has 2 heterocycles. The van der Waals surface area contributed by atoms with E-state index >= 15 is 0 Å². The number of aromatic nitrogens is 1. The molecule has 0 spiro atoms. The number of hydrogen-bond donors (Lipinski definition) is 3. The van der Waals surface area contributed by atoms with Crippen molar-refractivity contribution >= 4 is 10.9 Å². The van der Waals surface area contributed by atoms with Crippen molar-refractivity contribution < 1.29 is 5.11 Å². The number of hydrogen-bond acceptors (Lipinski definition) is 3. The Bertz CT molecular complexity index is 516. The van der Waals surface area contributed by atoms with E-state index in [1.54, 1.807) is 0 Å². The number of benzene rings is 1. The topological polar surface area (TPSA) is 51.3 Å². The average Bonchev–Trinajstić information content (AvgIpc) is 2.88. The maximum absolute atomic E-state index is 9.68. The Morgan fingerprint density at radius 1 is 1.22 bits per heavy atom. The van der Waals surface area contributed by atoms with Gasteiger partial charge in [-0.15, -0.1) is 0 Å². The molecule has 0 unspecified atom stereocenters. The summed E-state index contributed by atoms with van der Waals surface area (Å²) in [7, 11) is 0. The molecule has 1 aromatic carbocycles. The highest BCUT2D eigenvalue weighted by Crippen LogP contribution is 2.24. The van der Waals surface area contributed by atoms with Crippen LogP contribution in [-0.4, -0.2) is 47.8 Å². The zero-order valence-corrected chi connectivity index (χ0v) is 10.4. The van der Waals surface area contributed by atoms with Crippen molar-refractivity contribution in [1.82, 2.24) is 15.2 Å². The quantitative estimate of drug-likeness (QED) is 0.759. The summed E-state index contributed by atoms with van der Waals surface area (Å²) < 4.78 is 0.